The van der Waals surface area contributed by atoms with Gasteiger partial charge in [0.1, 0.15) is 22.6 Å². The van der Waals surface area contributed by atoms with Gasteiger partial charge in [0.2, 0.25) is 0 Å². The van der Waals surface area contributed by atoms with Crippen LogP contribution in [0.4, 0.5) is 0 Å². The lowest BCUT2D eigenvalue weighted by Gasteiger charge is -2.06. The number of hydrogen-bond acceptors (Lipinski definition) is 5. The van der Waals surface area contributed by atoms with Gasteiger partial charge in [0.05, 0.1) is 7.11 Å². The first kappa shape index (κ1) is 15.3. The molecule has 2 aromatic carbocycles. The van der Waals surface area contributed by atoms with Gasteiger partial charge in [0.15, 0.2) is 0 Å². The van der Waals surface area contributed by atoms with Gasteiger partial charge in [-0.2, -0.15) is 0 Å². The van der Waals surface area contributed by atoms with Gasteiger partial charge in [-0.05, 0) is 36.4 Å². The molecule has 6 heteroatoms. The molecule has 23 heavy (non-hydrogen) atoms. The minimum Gasteiger partial charge on any atom is -0.497 e. The molecule has 0 unspecified atom stereocenters. The van der Waals surface area contributed by atoms with Crippen LogP contribution in [-0.2, 0) is 0 Å². The minimum atomic E-state index is -0.783. The lowest BCUT2D eigenvalue weighted by atomic mass is 10.2. The number of carbonyl (C=O) groups excluding carboxylic acids is 1. The Balaban J connectivity index is 1.96. The van der Waals surface area contributed by atoms with Crippen molar-refractivity contribution < 1.29 is 18.7 Å². The van der Waals surface area contributed by atoms with Gasteiger partial charge in [0, 0.05) is 15.9 Å². The van der Waals surface area contributed by atoms with Crippen molar-refractivity contribution in [2.75, 3.05) is 7.11 Å². The Hall–Kier alpha value is -2.60. The van der Waals surface area contributed by atoms with E-state index < -0.39 is 11.6 Å². The van der Waals surface area contributed by atoms with Gasteiger partial charge in [-0.15, -0.1) is 0 Å². The molecule has 0 saturated heterocycles. The fourth-order valence-corrected chi connectivity index (χ4v) is 2.44. The third-order valence-corrected chi connectivity index (χ3v) is 3.66. The molecular weight excluding hydrogens is 364 g/mol. The van der Waals surface area contributed by atoms with E-state index in [4.69, 9.17) is 13.9 Å². The highest BCUT2D eigenvalue weighted by molar-refractivity contribution is 9.10. The molecular formula is C17H11BrO5. The van der Waals surface area contributed by atoms with Gasteiger partial charge in [-0.3, -0.25) is 0 Å². The van der Waals surface area contributed by atoms with Crippen molar-refractivity contribution in [3.05, 3.63) is 69.0 Å². The number of fused-ring (bicyclic) bond motifs is 1. The quantitative estimate of drug-likeness (QED) is 0.396. The van der Waals surface area contributed by atoms with E-state index in [1.54, 1.807) is 42.5 Å². The molecule has 0 aliphatic rings. The van der Waals surface area contributed by atoms with E-state index >= 15 is 0 Å². The van der Waals surface area contributed by atoms with E-state index in [-0.39, 0.29) is 11.3 Å². The third-order valence-electron chi connectivity index (χ3n) is 3.17. The van der Waals surface area contributed by atoms with Gasteiger partial charge in [-0.1, -0.05) is 22.0 Å². The molecule has 0 aliphatic heterocycles. The number of hydrogen-bond donors (Lipinski definition) is 0. The SMILES string of the molecule is COc1cccc(OC(=O)c2cc3cc(Br)ccc3oc2=O)c1. The molecule has 0 spiro atoms. The third kappa shape index (κ3) is 3.27. The zero-order valence-corrected chi connectivity index (χ0v) is 13.6. The summed E-state index contributed by atoms with van der Waals surface area (Å²) in [7, 11) is 1.51. The Morgan fingerprint density at radius 1 is 1.09 bits per heavy atom. The van der Waals surface area contributed by atoms with Crippen molar-refractivity contribution in [3.8, 4) is 11.5 Å². The average Bonchev–Trinajstić information content (AvgIpc) is 2.54. The summed E-state index contributed by atoms with van der Waals surface area (Å²) >= 11 is 3.33. The van der Waals surface area contributed by atoms with Crippen LogP contribution in [0.3, 0.4) is 0 Å². The van der Waals surface area contributed by atoms with E-state index in [2.05, 4.69) is 15.9 Å². The molecule has 116 valence electrons. The number of ether oxygens (including phenoxy) is 2. The standard InChI is InChI=1S/C17H11BrO5/c1-21-12-3-2-4-13(9-12)22-16(19)14-8-10-7-11(18)5-6-15(10)23-17(14)20/h2-9H,1H3. The van der Waals surface area contributed by atoms with E-state index in [0.29, 0.717) is 16.7 Å². The number of halogens is 1. The second kappa shape index (κ2) is 6.26. The smallest absolute Gasteiger partial charge is 0.351 e. The second-order valence-electron chi connectivity index (χ2n) is 4.70. The van der Waals surface area contributed by atoms with Gasteiger partial charge in [-0.25, -0.2) is 9.59 Å². The van der Waals surface area contributed by atoms with Crippen LogP contribution in [0.15, 0.2) is 62.2 Å². The zero-order valence-electron chi connectivity index (χ0n) is 12.0. The van der Waals surface area contributed by atoms with Crippen LogP contribution in [-0.4, -0.2) is 13.1 Å². The molecule has 0 amide bonds. The first-order chi connectivity index (χ1) is 11.1. The van der Waals surface area contributed by atoms with Crippen molar-refractivity contribution in [3.63, 3.8) is 0 Å². The first-order valence-electron chi connectivity index (χ1n) is 6.66. The van der Waals surface area contributed by atoms with Crippen molar-refractivity contribution >= 4 is 32.9 Å². The molecule has 0 fully saturated rings. The van der Waals surface area contributed by atoms with Crippen LogP contribution in [0.25, 0.3) is 11.0 Å². The predicted molar refractivity (Wildman–Crippen MR) is 88.1 cm³/mol. The lowest BCUT2D eigenvalue weighted by molar-refractivity contribution is 0.0730. The van der Waals surface area contributed by atoms with Crippen LogP contribution in [0.1, 0.15) is 10.4 Å². The molecule has 0 N–H and O–H groups in total. The minimum absolute atomic E-state index is 0.168. The monoisotopic (exact) mass is 374 g/mol. The Morgan fingerprint density at radius 3 is 2.65 bits per heavy atom. The van der Waals surface area contributed by atoms with E-state index in [9.17, 15) is 9.59 Å². The van der Waals surface area contributed by atoms with Crippen molar-refractivity contribution in [1.82, 2.24) is 0 Å². The van der Waals surface area contributed by atoms with Gasteiger partial charge >= 0.3 is 11.6 Å². The Kier molecular flexibility index (Phi) is 4.16. The Bertz CT molecular complexity index is 945. The highest BCUT2D eigenvalue weighted by Crippen LogP contribution is 2.22. The maximum absolute atomic E-state index is 12.2. The number of methoxy groups -OCH3 is 1. The largest absolute Gasteiger partial charge is 0.497 e. The Labute approximate surface area is 139 Å². The van der Waals surface area contributed by atoms with Crippen molar-refractivity contribution in [1.29, 1.82) is 0 Å². The normalized spacial score (nSPS) is 10.5. The fraction of sp³-hybridized carbons (Fsp3) is 0.0588. The molecule has 1 aromatic heterocycles. The molecule has 0 atom stereocenters. The first-order valence-corrected chi connectivity index (χ1v) is 7.46. The summed E-state index contributed by atoms with van der Waals surface area (Å²) in [5, 5.41) is 0.622. The average molecular weight is 375 g/mol. The maximum Gasteiger partial charge on any atom is 0.351 e. The van der Waals surface area contributed by atoms with Crippen LogP contribution < -0.4 is 15.1 Å². The summed E-state index contributed by atoms with van der Waals surface area (Å²) < 4.78 is 16.2. The van der Waals surface area contributed by atoms with Crippen LogP contribution in [0.5, 0.6) is 11.5 Å². The molecule has 0 aliphatic carbocycles. The highest BCUT2D eigenvalue weighted by atomic mass is 79.9. The molecule has 0 radical (unpaired) electrons. The summed E-state index contributed by atoms with van der Waals surface area (Å²) in [5.41, 5.74) is -0.512. The van der Waals surface area contributed by atoms with Crippen LogP contribution in [0, 0.1) is 0 Å². The number of rotatable bonds is 3. The second-order valence-corrected chi connectivity index (χ2v) is 5.61. The maximum atomic E-state index is 12.2. The predicted octanol–water partition coefficient (Wildman–Crippen LogP) is 3.78. The van der Waals surface area contributed by atoms with E-state index in [1.165, 1.54) is 13.2 Å². The summed E-state index contributed by atoms with van der Waals surface area (Å²) in [5.74, 6) is 0.0433. The van der Waals surface area contributed by atoms with E-state index in [1.807, 2.05) is 0 Å². The molecule has 5 nitrogen and oxygen atoms in total. The van der Waals surface area contributed by atoms with Gasteiger partial charge < -0.3 is 13.9 Å². The molecule has 0 bridgehead atoms. The summed E-state index contributed by atoms with van der Waals surface area (Å²) in [6.07, 6.45) is 0. The van der Waals surface area contributed by atoms with Crippen LogP contribution in [0.2, 0.25) is 0 Å². The summed E-state index contributed by atoms with van der Waals surface area (Å²) in [6, 6.07) is 13.2. The lowest BCUT2D eigenvalue weighted by Crippen LogP contribution is -2.18. The number of esters is 1. The number of carbonyl (C=O) groups is 1. The Morgan fingerprint density at radius 2 is 1.87 bits per heavy atom. The molecule has 3 rings (SSSR count). The topological polar surface area (TPSA) is 65.7 Å². The van der Waals surface area contributed by atoms with Crippen molar-refractivity contribution in [2.45, 2.75) is 0 Å². The summed E-state index contributed by atoms with van der Waals surface area (Å²) in [4.78, 5) is 24.2. The highest BCUT2D eigenvalue weighted by Gasteiger charge is 2.16. The van der Waals surface area contributed by atoms with Gasteiger partial charge in [0.25, 0.3) is 0 Å². The zero-order chi connectivity index (χ0) is 16.4. The van der Waals surface area contributed by atoms with Crippen LogP contribution >= 0.6 is 15.9 Å². The summed E-state index contributed by atoms with van der Waals surface area (Å²) in [6.45, 7) is 0. The number of benzene rings is 2. The van der Waals surface area contributed by atoms with E-state index in [0.717, 1.165) is 4.47 Å². The molecule has 3 aromatic rings. The fourth-order valence-electron chi connectivity index (χ4n) is 2.06. The molecule has 0 saturated carbocycles. The van der Waals surface area contributed by atoms with Crippen molar-refractivity contribution in [2.24, 2.45) is 0 Å². The molecule has 1 heterocycles.